The molecular weight excluding hydrogens is 124 g/mol. The molecule has 5 nitrogen and oxygen atoms in total. The fourth-order valence-corrected chi connectivity index (χ4v) is 0.531. The maximum atomic E-state index is 10.4. The molecule has 9 heavy (non-hydrogen) atoms. The van der Waals surface area contributed by atoms with Crippen LogP contribution in [0.2, 0.25) is 0 Å². The van der Waals surface area contributed by atoms with Gasteiger partial charge in [-0.25, -0.2) is 5.48 Å². The predicted molar refractivity (Wildman–Crippen MR) is 27.9 cm³/mol. The zero-order chi connectivity index (χ0) is 6.69. The van der Waals surface area contributed by atoms with Crippen molar-refractivity contribution in [3.8, 4) is 0 Å². The van der Waals surface area contributed by atoms with E-state index in [0.717, 1.165) is 0 Å². The highest BCUT2D eigenvalue weighted by atomic mass is 16.6. The molecule has 0 aromatic heterocycles. The van der Waals surface area contributed by atoms with Crippen molar-refractivity contribution in [1.82, 2.24) is 5.48 Å². The van der Waals surface area contributed by atoms with Gasteiger partial charge in [0.05, 0.1) is 0 Å². The first-order valence-corrected chi connectivity index (χ1v) is 2.48. The lowest BCUT2D eigenvalue weighted by atomic mass is 10.3. The van der Waals surface area contributed by atoms with E-state index in [1.54, 1.807) is 0 Å². The van der Waals surface area contributed by atoms with Crippen molar-refractivity contribution < 1.29 is 14.8 Å². The highest BCUT2D eigenvalue weighted by molar-refractivity contribution is 6.38. The third kappa shape index (κ3) is 1.17. The average Bonchev–Trinajstić information content (AvgIpc) is 2.37. The molecule has 0 atom stereocenters. The summed E-state index contributed by atoms with van der Waals surface area (Å²) in [7, 11) is 0. The van der Waals surface area contributed by atoms with Crippen molar-refractivity contribution >= 4 is 11.6 Å². The van der Waals surface area contributed by atoms with Crippen LogP contribution in [0.5, 0.6) is 0 Å². The van der Waals surface area contributed by atoms with E-state index in [1.165, 1.54) is 5.48 Å². The van der Waals surface area contributed by atoms with E-state index in [2.05, 4.69) is 9.99 Å². The van der Waals surface area contributed by atoms with Crippen molar-refractivity contribution in [2.24, 2.45) is 5.16 Å². The van der Waals surface area contributed by atoms with E-state index in [-0.39, 0.29) is 5.71 Å². The second-order valence-corrected chi connectivity index (χ2v) is 1.56. The van der Waals surface area contributed by atoms with Crippen LogP contribution in [0.4, 0.5) is 0 Å². The van der Waals surface area contributed by atoms with Gasteiger partial charge in [-0.15, -0.1) is 0 Å². The first kappa shape index (κ1) is 6.03. The lowest BCUT2D eigenvalue weighted by Crippen LogP contribution is -2.26. The minimum absolute atomic E-state index is 0.234. The molecule has 0 saturated heterocycles. The minimum atomic E-state index is -0.590. The molecule has 2 N–H and O–H groups in total. The van der Waals surface area contributed by atoms with Crippen LogP contribution in [0.1, 0.15) is 6.42 Å². The number of amides is 1. The molecule has 0 radical (unpaired) electrons. The molecule has 1 aliphatic rings. The highest BCUT2D eigenvalue weighted by Gasteiger charge is 2.15. The summed E-state index contributed by atoms with van der Waals surface area (Å²) in [6.45, 7) is 0.419. The first-order valence-electron chi connectivity index (χ1n) is 2.48. The Kier molecular flexibility index (Phi) is 1.64. The molecule has 0 unspecified atom stereocenters. The minimum Gasteiger partial charge on any atom is -0.395 e. The van der Waals surface area contributed by atoms with Gasteiger partial charge in [0.15, 0.2) is 0 Å². The van der Waals surface area contributed by atoms with E-state index < -0.39 is 5.91 Å². The molecule has 1 heterocycles. The molecule has 1 aliphatic heterocycles. The SMILES string of the molecule is O=C(NO)C1=NOCC1. The summed E-state index contributed by atoms with van der Waals surface area (Å²) in [5.41, 5.74) is 1.69. The molecule has 0 spiro atoms. The molecule has 0 aliphatic carbocycles. The first-order chi connectivity index (χ1) is 4.34. The largest absolute Gasteiger partial charge is 0.395 e. The van der Waals surface area contributed by atoms with Crippen LogP contribution in [0.3, 0.4) is 0 Å². The van der Waals surface area contributed by atoms with Crippen LogP contribution in [0.25, 0.3) is 0 Å². The molecule has 0 bridgehead atoms. The van der Waals surface area contributed by atoms with Crippen molar-refractivity contribution in [2.45, 2.75) is 6.42 Å². The molecule has 5 heteroatoms. The molecule has 0 fully saturated rings. The Hall–Kier alpha value is -1.10. The lowest BCUT2D eigenvalue weighted by molar-refractivity contribution is -0.122. The lowest BCUT2D eigenvalue weighted by Gasteiger charge is -1.90. The van der Waals surface area contributed by atoms with Gasteiger partial charge in [-0.2, -0.15) is 0 Å². The van der Waals surface area contributed by atoms with Gasteiger partial charge < -0.3 is 4.84 Å². The summed E-state index contributed by atoms with van der Waals surface area (Å²) >= 11 is 0. The van der Waals surface area contributed by atoms with Crippen molar-refractivity contribution in [3.63, 3.8) is 0 Å². The van der Waals surface area contributed by atoms with Crippen LogP contribution in [-0.2, 0) is 9.63 Å². The van der Waals surface area contributed by atoms with Crippen molar-refractivity contribution in [3.05, 3.63) is 0 Å². The summed E-state index contributed by atoms with van der Waals surface area (Å²) in [6, 6.07) is 0. The van der Waals surface area contributed by atoms with Crippen LogP contribution in [0.15, 0.2) is 5.16 Å². The third-order valence-electron chi connectivity index (χ3n) is 0.969. The van der Waals surface area contributed by atoms with Crippen LogP contribution >= 0.6 is 0 Å². The number of carbonyl (C=O) groups is 1. The molecule has 0 aromatic rings. The van der Waals surface area contributed by atoms with Crippen molar-refractivity contribution in [1.29, 1.82) is 0 Å². The number of nitrogens with one attached hydrogen (secondary N) is 1. The fraction of sp³-hybridized carbons (Fsp3) is 0.500. The Bertz CT molecular complexity index is 154. The molecule has 0 aromatic carbocycles. The topological polar surface area (TPSA) is 70.9 Å². The standard InChI is InChI=1S/C4H6N2O3/c7-4(5-8)3-1-2-9-6-3/h8H,1-2H2,(H,5,7). The Morgan fingerprint density at radius 3 is 3.11 bits per heavy atom. The Morgan fingerprint density at radius 1 is 1.89 bits per heavy atom. The monoisotopic (exact) mass is 130 g/mol. The fourth-order valence-electron chi connectivity index (χ4n) is 0.531. The van der Waals surface area contributed by atoms with E-state index in [0.29, 0.717) is 13.0 Å². The summed E-state index contributed by atoms with van der Waals surface area (Å²) < 4.78 is 0. The molecule has 50 valence electrons. The number of nitrogens with zero attached hydrogens (tertiary/aromatic N) is 1. The third-order valence-corrected chi connectivity index (χ3v) is 0.969. The van der Waals surface area contributed by atoms with Crippen molar-refractivity contribution in [2.75, 3.05) is 6.61 Å². The van der Waals surface area contributed by atoms with Gasteiger partial charge in [0.25, 0.3) is 5.91 Å². The van der Waals surface area contributed by atoms with Crippen LogP contribution < -0.4 is 5.48 Å². The van der Waals surface area contributed by atoms with Gasteiger partial charge in [-0.05, 0) is 0 Å². The highest BCUT2D eigenvalue weighted by Crippen LogP contribution is 1.98. The number of hydroxylamine groups is 1. The van der Waals surface area contributed by atoms with Gasteiger partial charge in [0.2, 0.25) is 0 Å². The van der Waals surface area contributed by atoms with Gasteiger partial charge >= 0.3 is 0 Å². The quantitative estimate of drug-likeness (QED) is 0.363. The Morgan fingerprint density at radius 2 is 2.67 bits per heavy atom. The number of hydrogen-bond donors (Lipinski definition) is 2. The number of oxime groups is 1. The number of carbonyl (C=O) groups excluding carboxylic acids is 1. The van der Waals surface area contributed by atoms with Gasteiger partial charge in [-0.3, -0.25) is 10.0 Å². The number of rotatable bonds is 1. The number of hydrogen-bond acceptors (Lipinski definition) is 4. The van der Waals surface area contributed by atoms with Gasteiger partial charge in [0, 0.05) is 6.42 Å². The van der Waals surface area contributed by atoms with Crippen LogP contribution in [0, 0.1) is 0 Å². The maximum Gasteiger partial charge on any atom is 0.292 e. The second-order valence-electron chi connectivity index (χ2n) is 1.56. The second kappa shape index (κ2) is 2.45. The molecule has 1 rings (SSSR count). The molecule has 1 amide bonds. The smallest absolute Gasteiger partial charge is 0.292 e. The average molecular weight is 130 g/mol. The van der Waals surface area contributed by atoms with Gasteiger partial charge in [0.1, 0.15) is 12.3 Å². The molecular formula is C4H6N2O3. The maximum absolute atomic E-state index is 10.4. The van der Waals surface area contributed by atoms with Crippen LogP contribution in [-0.4, -0.2) is 23.4 Å². The predicted octanol–water partition coefficient (Wildman–Crippen LogP) is -0.732. The van der Waals surface area contributed by atoms with E-state index in [9.17, 15) is 4.79 Å². The Balaban J connectivity index is 2.51. The normalized spacial score (nSPS) is 16.3. The zero-order valence-electron chi connectivity index (χ0n) is 4.63. The summed E-state index contributed by atoms with van der Waals surface area (Å²) in [4.78, 5) is 14.9. The summed E-state index contributed by atoms with van der Waals surface area (Å²) in [5, 5.41) is 11.4. The Labute approximate surface area is 51.3 Å². The summed E-state index contributed by atoms with van der Waals surface area (Å²) in [5.74, 6) is -0.590. The van der Waals surface area contributed by atoms with Gasteiger partial charge in [-0.1, -0.05) is 5.16 Å². The molecule has 0 saturated carbocycles. The van der Waals surface area contributed by atoms with E-state index in [1.807, 2.05) is 0 Å². The summed E-state index contributed by atoms with van der Waals surface area (Å²) in [6.07, 6.45) is 0.465. The van der Waals surface area contributed by atoms with E-state index >= 15 is 0 Å². The van der Waals surface area contributed by atoms with E-state index in [4.69, 9.17) is 5.21 Å². The zero-order valence-corrected chi connectivity index (χ0v) is 4.63.